The van der Waals surface area contributed by atoms with Crippen LogP contribution in [-0.4, -0.2) is 22.8 Å². The zero-order chi connectivity index (χ0) is 13.4. The molecule has 0 aliphatic carbocycles. The van der Waals surface area contributed by atoms with E-state index in [2.05, 4.69) is 0 Å². The number of hydrogen-bond acceptors (Lipinski definition) is 3. The van der Waals surface area contributed by atoms with Gasteiger partial charge in [-0.05, 0) is 12.1 Å². The molecule has 0 aliphatic heterocycles. The smallest absolute Gasteiger partial charge is 0.341 e. The lowest BCUT2D eigenvalue weighted by atomic mass is 10.1. The molecule has 0 radical (unpaired) electrons. The normalized spacial score (nSPS) is 10.6. The molecule has 0 saturated heterocycles. The minimum absolute atomic E-state index is 0.151. The lowest BCUT2D eigenvalue weighted by molar-refractivity contribution is 0.0695. The van der Waals surface area contributed by atoms with Crippen LogP contribution in [0.1, 0.15) is 10.4 Å². The molecule has 6 heteroatoms. The van der Waals surface area contributed by atoms with Crippen molar-refractivity contribution in [3.05, 3.63) is 39.1 Å². The SMILES string of the molecule is COc1ccc(Cl)c2c(=O)c(C(=O)O)cn(C)c12. The molecule has 0 aliphatic rings. The molecule has 1 aromatic heterocycles. The van der Waals surface area contributed by atoms with E-state index < -0.39 is 11.4 Å². The second-order valence-corrected chi connectivity index (χ2v) is 4.17. The van der Waals surface area contributed by atoms with Crippen LogP contribution in [0.2, 0.25) is 5.02 Å². The Hall–Kier alpha value is -2.01. The van der Waals surface area contributed by atoms with Gasteiger partial charge in [0.2, 0.25) is 5.43 Å². The van der Waals surface area contributed by atoms with E-state index >= 15 is 0 Å². The van der Waals surface area contributed by atoms with Crippen LogP contribution in [0.4, 0.5) is 0 Å². The molecule has 1 aromatic carbocycles. The van der Waals surface area contributed by atoms with Crippen LogP contribution in [0.3, 0.4) is 0 Å². The van der Waals surface area contributed by atoms with Crippen LogP contribution in [0, 0.1) is 0 Å². The average Bonchev–Trinajstić information content (AvgIpc) is 2.33. The van der Waals surface area contributed by atoms with E-state index in [4.69, 9.17) is 21.4 Å². The van der Waals surface area contributed by atoms with Gasteiger partial charge in [-0.15, -0.1) is 0 Å². The lowest BCUT2D eigenvalue weighted by Crippen LogP contribution is -2.18. The fraction of sp³-hybridized carbons (Fsp3) is 0.167. The summed E-state index contributed by atoms with van der Waals surface area (Å²) in [5.41, 5.74) is -0.459. The number of carboxylic acids is 1. The van der Waals surface area contributed by atoms with E-state index in [0.717, 1.165) is 0 Å². The number of fused-ring (bicyclic) bond motifs is 1. The van der Waals surface area contributed by atoms with E-state index in [1.165, 1.54) is 23.9 Å². The third-order valence-corrected chi connectivity index (χ3v) is 3.00. The maximum absolute atomic E-state index is 12.1. The summed E-state index contributed by atoms with van der Waals surface area (Å²) in [7, 11) is 3.10. The summed E-state index contributed by atoms with van der Waals surface area (Å²) in [6, 6.07) is 3.14. The van der Waals surface area contributed by atoms with Gasteiger partial charge in [0, 0.05) is 13.2 Å². The van der Waals surface area contributed by atoms with Crippen LogP contribution in [0.5, 0.6) is 5.75 Å². The number of carbonyl (C=O) groups is 1. The molecule has 0 unspecified atom stereocenters. The average molecular weight is 268 g/mol. The highest BCUT2D eigenvalue weighted by Crippen LogP contribution is 2.29. The quantitative estimate of drug-likeness (QED) is 0.902. The molecule has 1 heterocycles. The maximum atomic E-state index is 12.1. The molecular formula is C12H10ClNO4. The highest BCUT2D eigenvalue weighted by Gasteiger charge is 2.17. The van der Waals surface area contributed by atoms with Crippen molar-refractivity contribution in [3.8, 4) is 5.75 Å². The Morgan fingerprint density at radius 1 is 1.44 bits per heavy atom. The number of benzene rings is 1. The van der Waals surface area contributed by atoms with Crippen LogP contribution >= 0.6 is 11.6 Å². The minimum atomic E-state index is -1.28. The third kappa shape index (κ3) is 1.73. The van der Waals surface area contributed by atoms with E-state index in [9.17, 15) is 9.59 Å². The number of carboxylic acid groups (broad SMARTS) is 1. The second kappa shape index (κ2) is 4.34. The van der Waals surface area contributed by atoms with Crippen molar-refractivity contribution in [1.82, 2.24) is 4.57 Å². The summed E-state index contributed by atoms with van der Waals surface area (Å²) in [5, 5.41) is 9.33. The van der Waals surface area contributed by atoms with Gasteiger partial charge in [0.25, 0.3) is 0 Å². The van der Waals surface area contributed by atoms with Crippen molar-refractivity contribution in [1.29, 1.82) is 0 Å². The Labute approximate surface area is 107 Å². The standard InChI is InChI=1S/C12H10ClNO4/c1-14-5-6(12(16)17)11(15)9-7(13)3-4-8(18-2)10(9)14/h3-5H,1-2H3,(H,16,17). The summed E-state index contributed by atoms with van der Waals surface area (Å²) in [5.74, 6) is -0.817. The maximum Gasteiger partial charge on any atom is 0.341 e. The lowest BCUT2D eigenvalue weighted by Gasteiger charge is -2.11. The molecule has 5 nitrogen and oxygen atoms in total. The fourth-order valence-electron chi connectivity index (χ4n) is 1.88. The number of ether oxygens (including phenoxy) is 1. The number of aryl methyl sites for hydroxylation is 1. The number of halogens is 1. The van der Waals surface area contributed by atoms with Crippen LogP contribution in [0.25, 0.3) is 10.9 Å². The van der Waals surface area contributed by atoms with Crippen molar-refractivity contribution < 1.29 is 14.6 Å². The number of aromatic carboxylic acids is 1. The van der Waals surface area contributed by atoms with Gasteiger partial charge in [-0.3, -0.25) is 4.79 Å². The molecule has 0 saturated carbocycles. The first-order valence-corrected chi connectivity index (χ1v) is 5.44. The Balaban J connectivity index is 3.06. The summed E-state index contributed by atoms with van der Waals surface area (Å²) in [4.78, 5) is 23.1. The molecule has 0 amide bonds. The van der Waals surface area contributed by atoms with E-state index in [-0.39, 0.29) is 16.0 Å². The molecule has 2 aromatic rings. The summed E-state index contributed by atoms with van der Waals surface area (Å²) >= 11 is 5.98. The highest BCUT2D eigenvalue weighted by atomic mass is 35.5. The fourth-order valence-corrected chi connectivity index (χ4v) is 2.12. The number of methoxy groups -OCH3 is 1. The molecule has 18 heavy (non-hydrogen) atoms. The number of aromatic nitrogens is 1. The summed E-state index contributed by atoms with van der Waals surface area (Å²) in [6.45, 7) is 0. The predicted octanol–water partition coefficient (Wildman–Crippen LogP) is 1.90. The van der Waals surface area contributed by atoms with Crippen LogP contribution < -0.4 is 10.2 Å². The topological polar surface area (TPSA) is 68.5 Å². The second-order valence-electron chi connectivity index (χ2n) is 3.76. The Morgan fingerprint density at radius 2 is 2.11 bits per heavy atom. The Morgan fingerprint density at radius 3 is 2.67 bits per heavy atom. The van der Waals surface area contributed by atoms with Crippen molar-refractivity contribution in [2.24, 2.45) is 7.05 Å². The van der Waals surface area contributed by atoms with Crippen LogP contribution in [0.15, 0.2) is 23.1 Å². The van der Waals surface area contributed by atoms with Gasteiger partial charge >= 0.3 is 5.97 Å². The molecular weight excluding hydrogens is 258 g/mol. The number of hydrogen-bond donors (Lipinski definition) is 1. The summed E-state index contributed by atoms with van der Waals surface area (Å²) in [6.07, 6.45) is 1.26. The summed E-state index contributed by atoms with van der Waals surface area (Å²) < 4.78 is 6.67. The van der Waals surface area contributed by atoms with Gasteiger partial charge < -0.3 is 14.4 Å². The van der Waals surface area contributed by atoms with E-state index in [1.807, 2.05) is 0 Å². The van der Waals surface area contributed by atoms with Gasteiger partial charge in [0.1, 0.15) is 11.3 Å². The van der Waals surface area contributed by atoms with E-state index in [0.29, 0.717) is 11.3 Å². The number of pyridine rings is 1. The van der Waals surface area contributed by atoms with Gasteiger partial charge in [0.05, 0.1) is 23.0 Å². The Bertz CT molecular complexity index is 705. The van der Waals surface area contributed by atoms with Crippen LogP contribution in [-0.2, 0) is 7.05 Å². The van der Waals surface area contributed by atoms with Gasteiger partial charge in [0.15, 0.2) is 0 Å². The first kappa shape index (κ1) is 12.4. The first-order valence-electron chi connectivity index (χ1n) is 5.06. The van der Waals surface area contributed by atoms with E-state index in [1.54, 1.807) is 13.1 Å². The molecule has 2 rings (SSSR count). The molecule has 0 spiro atoms. The molecule has 1 N–H and O–H groups in total. The van der Waals surface area contributed by atoms with Gasteiger partial charge in [-0.1, -0.05) is 11.6 Å². The van der Waals surface area contributed by atoms with Gasteiger partial charge in [-0.2, -0.15) is 0 Å². The number of nitrogens with zero attached hydrogens (tertiary/aromatic N) is 1. The zero-order valence-corrected chi connectivity index (χ0v) is 10.5. The largest absolute Gasteiger partial charge is 0.495 e. The van der Waals surface area contributed by atoms with Crippen molar-refractivity contribution in [3.63, 3.8) is 0 Å². The van der Waals surface area contributed by atoms with Crippen molar-refractivity contribution in [2.45, 2.75) is 0 Å². The molecule has 94 valence electrons. The first-order chi connectivity index (χ1) is 8.47. The van der Waals surface area contributed by atoms with Gasteiger partial charge in [-0.25, -0.2) is 4.79 Å². The highest BCUT2D eigenvalue weighted by molar-refractivity contribution is 6.35. The minimum Gasteiger partial charge on any atom is -0.495 e. The molecule has 0 fully saturated rings. The van der Waals surface area contributed by atoms with Crippen molar-refractivity contribution in [2.75, 3.05) is 7.11 Å². The molecule has 0 atom stereocenters. The monoisotopic (exact) mass is 267 g/mol. The Kier molecular flexibility index (Phi) is 3.00. The van der Waals surface area contributed by atoms with Crippen molar-refractivity contribution >= 4 is 28.5 Å². The molecule has 0 bridgehead atoms. The zero-order valence-electron chi connectivity index (χ0n) is 9.73. The third-order valence-electron chi connectivity index (χ3n) is 2.69. The number of rotatable bonds is 2. The predicted molar refractivity (Wildman–Crippen MR) is 67.7 cm³/mol.